The molecule has 1 aromatic carbocycles. The minimum absolute atomic E-state index is 0.209. The molecule has 2 unspecified atom stereocenters. The third-order valence-corrected chi connectivity index (χ3v) is 3.79. The minimum Gasteiger partial charge on any atom is -0.391 e. The zero-order chi connectivity index (χ0) is 15.7. The first-order valence-electron chi connectivity index (χ1n) is 6.84. The van der Waals surface area contributed by atoms with E-state index in [-0.39, 0.29) is 11.3 Å². The molecule has 1 aliphatic rings. The van der Waals surface area contributed by atoms with Crippen molar-refractivity contribution in [3.63, 3.8) is 0 Å². The highest BCUT2D eigenvalue weighted by Crippen LogP contribution is 2.37. The molecule has 0 bridgehead atoms. The van der Waals surface area contributed by atoms with Gasteiger partial charge in [-0.2, -0.15) is 5.26 Å². The molecule has 0 radical (unpaired) electrons. The lowest BCUT2D eigenvalue weighted by atomic mass is 10.0. The van der Waals surface area contributed by atoms with Crippen LogP contribution in [0, 0.1) is 23.0 Å². The summed E-state index contributed by atoms with van der Waals surface area (Å²) < 4.78 is 27.5. The first kappa shape index (κ1) is 14.4. The fourth-order valence-electron chi connectivity index (χ4n) is 2.79. The van der Waals surface area contributed by atoms with Crippen LogP contribution in [0.2, 0.25) is 0 Å². The topological polar surface area (TPSA) is 60.2 Å². The number of nitriles is 1. The Morgan fingerprint density at radius 2 is 2.09 bits per heavy atom. The first-order valence-corrected chi connectivity index (χ1v) is 6.84. The first-order chi connectivity index (χ1) is 10.6. The van der Waals surface area contributed by atoms with Crippen LogP contribution in [0.25, 0.3) is 0 Å². The van der Waals surface area contributed by atoms with Gasteiger partial charge in [0.2, 0.25) is 0 Å². The van der Waals surface area contributed by atoms with Crippen molar-refractivity contribution in [1.29, 1.82) is 5.26 Å². The molecule has 0 saturated carbocycles. The predicted octanol–water partition coefficient (Wildman–Crippen LogP) is 2.54. The molecule has 0 spiro atoms. The summed E-state index contributed by atoms with van der Waals surface area (Å²) in [5.74, 6) is -1.03. The van der Waals surface area contributed by atoms with Crippen molar-refractivity contribution in [2.75, 3.05) is 11.4 Å². The summed E-state index contributed by atoms with van der Waals surface area (Å²) in [6.07, 6.45) is 1.17. The van der Waals surface area contributed by atoms with Gasteiger partial charge in [0.05, 0.1) is 24.0 Å². The number of aliphatic hydroxyl groups is 1. The lowest BCUT2D eigenvalue weighted by Gasteiger charge is -2.26. The number of hydrogen-bond donors (Lipinski definition) is 1. The van der Waals surface area contributed by atoms with E-state index >= 15 is 0 Å². The summed E-state index contributed by atoms with van der Waals surface area (Å²) in [6, 6.07) is 8.01. The molecule has 112 valence electrons. The van der Waals surface area contributed by atoms with Gasteiger partial charge in [-0.1, -0.05) is 0 Å². The number of hydrogen-bond acceptors (Lipinski definition) is 4. The van der Waals surface area contributed by atoms with Crippen LogP contribution in [0.4, 0.5) is 14.5 Å². The van der Waals surface area contributed by atoms with Gasteiger partial charge in [0.25, 0.3) is 0 Å². The van der Waals surface area contributed by atoms with Crippen molar-refractivity contribution in [1.82, 2.24) is 4.98 Å². The molecule has 2 atom stereocenters. The average molecular weight is 301 g/mol. The molecular formula is C16H13F2N3O. The largest absolute Gasteiger partial charge is 0.391 e. The van der Waals surface area contributed by atoms with Gasteiger partial charge in [-0.15, -0.1) is 0 Å². The Labute approximate surface area is 126 Å². The molecule has 3 rings (SSSR count). The summed E-state index contributed by atoms with van der Waals surface area (Å²) in [7, 11) is 0. The van der Waals surface area contributed by atoms with E-state index in [0.29, 0.717) is 18.7 Å². The summed E-state index contributed by atoms with van der Waals surface area (Å²) in [5, 5.41) is 18.7. The zero-order valence-electron chi connectivity index (χ0n) is 11.6. The van der Waals surface area contributed by atoms with Crippen molar-refractivity contribution in [2.45, 2.75) is 18.6 Å². The maximum atomic E-state index is 14.0. The molecule has 2 heterocycles. The highest BCUT2D eigenvalue weighted by atomic mass is 19.1. The van der Waals surface area contributed by atoms with Crippen molar-refractivity contribution >= 4 is 5.69 Å². The van der Waals surface area contributed by atoms with Crippen molar-refractivity contribution in [2.24, 2.45) is 0 Å². The quantitative estimate of drug-likeness (QED) is 0.926. The number of rotatable bonds is 2. The molecule has 4 nitrogen and oxygen atoms in total. The monoisotopic (exact) mass is 301 g/mol. The average Bonchev–Trinajstić information content (AvgIpc) is 2.91. The smallest absolute Gasteiger partial charge is 0.140 e. The van der Waals surface area contributed by atoms with Crippen LogP contribution in [-0.2, 0) is 0 Å². The highest BCUT2D eigenvalue weighted by molar-refractivity contribution is 5.50. The van der Waals surface area contributed by atoms with Gasteiger partial charge in [0.1, 0.15) is 23.4 Å². The molecule has 22 heavy (non-hydrogen) atoms. The number of benzene rings is 1. The molecule has 0 amide bonds. The second-order valence-corrected chi connectivity index (χ2v) is 5.24. The van der Waals surface area contributed by atoms with Crippen molar-refractivity contribution in [3.8, 4) is 6.07 Å². The zero-order valence-corrected chi connectivity index (χ0v) is 11.6. The number of anilines is 1. The second kappa shape index (κ2) is 5.70. The molecule has 0 aliphatic carbocycles. The second-order valence-electron chi connectivity index (χ2n) is 5.24. The van der Waals surface area contributed by atoms with Gasteiger partial charge in [-0.25, -0.2) is 13.8 Å². The van der Waals surface area contributed by atoms with E-state index in [1.54, 1.807) is 17.0 Å². The fourth-order valence-corrected chi connectivity index (χ4v) is 2.79. The maximum absolute atomic E-state index is 14.0. The minimum atomic E-state index is -0.636. The normalized spacial score (nSPS) is 20.9. The number of halogens is 2. The Morgan fingerprint density at radius 3 is 2.77 bits per heavy atom. The van der Waals surface area contributed by atoms with E-state index in [4.69, 9.17) is 5.26 Å². The summed E-state index contributed by atoms with van der Waals surface area (Å²) in [5.41, 5.74) is 1.14. The van der Waals surface area contributed by atoms with E-state index in [1.165, 1.54) is 6.20 Å². The molecular weight excluding hydrogens is 288 g/mol. The van der Waals surface area contributed by atoms with Crippen LogP contribution in [0.1, 0.15) is 23.7 Å². The van der Waals surface area contributed by atoms with Crippen LogP contribution in [0.5, 0.6) is 0 Å². The van der Waals surface area contributed by atoms with Crippen LogP contribution in [0.15, 0.2) is 36.5 Å². The molecule has 1 N–H and O–H groups in total. The van der Waals surface area contributed by atoms with Gasteiger partial charge in [-0.3, -0.25) is 0 Å². The Bertz CT molecular complexity index is 727. The SMILES string of the molecule is N#Cc1ccc(N2CC(O)CC2c2cc(F)ccc2F)cn1. The van der Waals surface area contributed by atoms with Crippen LogP contribution in [0.3, 0.4) is 0 Å². The molecule has 1 fully saturated rings. The van der Waals surface area contributed by atoms with Gasteiger partial charge in [0, 0.05) is 12.1 Å². The van der Waals surface area contributed by atoms with Crippen molar-refractivity contribution < 1.29 is 13.9 Å². The summed E-state index contributed by atoms with van der Waals surface area (Å²) in [4.78, 5) is 5.76. The predicted molar refractivity (Wildman–Crippen MR) is 76.0 cm³/mol. The van der Waals surface area contributed by atoms with Crippen LogP contribution < -0.4 is 4.90 Å². The van der Waals surface area contributed by atoms with E-state index in [1.807, 2.05) is 6.07 Å². The van der Waals surface area contributed by atoms with Crippen LogP contribution >= 0.6 is 0 Å². The third-order valence-electron chi connectivity index (χ3n) is 3.79. The van der Waals surface area contributed by atoms with Gasteiger partial charge in [0.15, 0.2) is 0 Å². The summed E-state index contributed by atoms with van der Waals surface area (Å²) in [6.45, 7) is 0.300. The number of aliphatic hydroxyl groups excluding tert-OH is 1. The maximum Gasteiger partial charge on any atom is 0.140 e. The Morgan fingerprint density at radius 1 is 1.27 bits per heavy atom. The Hall–Kier alpha value is -2.52. The number of pyridine rings is 1. The fraction of sp³-hybridized carbons (Fsp3) is 0.250. The van der Waals surface area contributed by atoms with Gasteiger partial charge >= 0.3 is 0 Å². The van der Waals surface area contributed by atoms with Gasteiger partial charge < -0.3 is 10.0 Å². The molecule has 1 aromatic heterocycles. The summed E-state index contributed by atoms with van der Waals surface area (Å²) >= 11 is 0. The highest BCUT2D eigenvalue weighted by Gasteiger charge is 2.34. The lowest BCUT2D eigenvalue weighted by molar-refractivity contribution is 0.194. The van der Waals surface area contributed by atoms with Crippen LogP contribution in [-0.4, -0.2) is 22.7 Å². The van der Waals surface area contributed by atoms with Gasteiger partial charge in [-0.05, 0) is 36.8 Å². The van der Waals surface area contributed by atoms with E-state index < -0.39 is 23.8 Å². The van der Waals surface area contributed by atoms with E-state index in [2.05, 4.69) is 4.98 Å². The number of aromatic nitrogens is 1. The lowest BCUT2D eigenvalue weighted by Crippen LogP contribution is -2.25. The standard InChI is InChI=1S/C16H13F2N3O/c17-10-1-4-15(18)14(5-10)16-6-13(22)9-21(16)12-3-2-11(7-19)20-8-12/h1-5,8,13,16,22H,6,9H2. The third kappa shape index (κ3) is 2.63. The number of nitrogens with zero attached hydrogens (tertiary/aromatic N) is 3. The molecule has 1 saturated heterocycles. The molecule has 6 heteroatoms. The van der Waals surface area contributed by atoms with Crippen molar-refractivity contribution in [3.05, 3.63) is 59.4 Å². The van der Waals surface area contributed by atoms with E-state index in [0.717, 1.165) is 18.2 Å². The molecule has 1 aliphatic heterocycles. The Kier molecular flexibility index (Phi) is 3.73. The Balaban J connectivity index is 1.98. The van der Waals surface area contributed by atoms with E-state index in [9.17, 15) is 13.9 Å². The number of β-amino-alcohol motifs (C(OH)–C–C–N with tert-alkyl or cyclic N) is 1. The molecule has 2 aromatic rings.